The first kappa shape index (κ1) is 8.95. The van der Waals surface area contributed by atoms with Crippen molar-refractivity contribution in [3.63, 3.8) is 0 Å². The van der Waals surface area contributed by atoms with E-state index in [1.54, 1.807) is 0 Å². The number of carbonyl (C=O) groups is 1. The minimum absolute atomic E-state index is 0.402. The Kier molecular flexibility index (Phi) is 3.81. The highest BCUT2D eigenvalue weighted by Gasteiger charge is 2.18. The van der Waals surface area contributed by atoms with Crippen molar-refractivity contribution in [2.24, 2.45) is 0 Å². The smallest absolute Gasteiger partial charge is 0.210 e. The summed E-state index contributed by atoms with van der Waals surface area (Å²) in [6.45, 7) is 1.58. The van der Waals surface area contributed by atoms with E-state index in [9.17, 15) is 4.79 Å². The van der Waals surface area contributed by atoms with Gasteiger partial charge in [-0.2, -0.15) is 0 Å². The van der Waals surface area contributed by atoms with Gasteiger partial charge in [0.15, 0.2) is 0 Å². The predicted molar refractivity (Wildman–Crippen MR) is 46.3 cm³/mol. The van der Waals surface area contributed by atoms with Crippen molar-refractivity contribution in [3.05, 3.63) is 0 Å². The van der Waals surface area contributed by atoms with Crippen LogP contribution in [0, 0.1) is 0 Å². The first-order chi connectivity index (χ1) is 5.38. The van der Waals surface area contributed by atoms with E-state index in [4.69, 9.17) is 4.74 Å². The van der Waals surface area contributed by atoms with Crippen LogP contribution in [-0.4, -0.2) is 36.9 Å². The Morgan fingerprint density at radius 2 is 2.18 bits per heavy atom. The standard InChI is InChI=1S/C7H14NO2P/c9-5-8(6-11)7-1-3-10-4-2-7/h5,7H,1-4,6,11H2. The third-order valence-electron chi connectivity index (χ3n) is 2.01. The molecular formula is C7H14NO2P. The first-order valence-electron chi connectivity index (χ1n) is 3.87. The fraction of sp³-hybridized carbons (Fsp3) is 0.857. The van der Waals surface area contributed by atoms with Crippen molar-refractivity contribution in [2.75, 3.05) is 19.5 Å². The Labute approximate surface area is 69.3 Å². The third-order valence-corrected chi connectivity index (χ3v) is 2.43. The van der Waals surface area contributed by atoms with Crippen molar-refractivity contribution in [3.8, 4) is 0 Å². The maximum absolute atomic E-state index is 10.5. The van der Waals surface area contributed by atoms with E-state index in [-0.39, 0.29) is 0 Å². The zero-order valence-electron chi connectivity index (χ0n) is 6.53. The monoisotopic (exact) mass is 175 g/mol. The largest absolute Gasteiger partial charge is 0.381 e. The molecule has 1 aliphatic rings. The number of hydrogen-bond acceptors (Lipinski definition) is 2. The molecule has 0 aromatic heterocycles. The Bertz CT molecular complexity index is 126. The van der Waals surface area contributed by atoms with Crippen LogP contribution in [0.3, 0.4) is 0 Å². The van der Waals surface area contributed by atoms with Gasteiger partial charge in [-0.15, -0.1) is 9.24 Å². The molecule has 11 heavy (non-hydrogen) atoms. The van der Waals surface area contributed by atoms with Gasteiger partial charge in [-0.25, -0.2) is 0 Å². The van der Waals surface area contributed by atoms with E-state index in [1.165, 1.54) is 0 Å². The Morgan fingerprint density at radius 3 is 2.64 bits per heavy atom. The molecule has 0 radical (unpaired) electrons. The highest BCUT2D eigenvalue weighted by molar-refractivity contribution is 7.16. The van der Waals surface area contributed by atoms with Gasteiger partial charge in [0.25, 0.3) is 0 Å². The maximum atomic E-state index is 10.5. The van der Waals surface area contributed by atoms with E-state index >= 15 is 0 Å². The van der Waals surface area contributed by atoms with Gasteiger partial charge in [0.05, 0.1) is 0 Å². The second-order valence-corrected chi connectivity index (χ2v) is 3.01. The quantitative estimate of drug-likeness (QED) is 0.460. The third kappa shape index (κ3) is 2.42. The molecule has 0 saturated carbocycles. The second kappa shape index (κ2) is 4.68. The topological polar surface area (TPSA) is 29.5 Å². The van der Waals surface area contributed by atoms with Gasteiger partial charge in [0.1, 0.15) is 0 Å². The number of carbonyl (C=O) groups excluding carboxylic acids is 1. The molecule has 0 bridgehead atoms. The van der Waals surface area contributed by atoms with Crippen molar-refractivity contribution in [1.82, 2.24) is 4.90 Å². The lowest BCUT2D eigenvalue weighted by atomic mass is 10.1. The number of hydrogen-bond donors (Lipinski definition) is 0. The molecule has 1 heterocycles. The number of nitrogens with zero attached hydrogens (tertiary/aromatic N) is 1. The zero-order chi connectivity index (χ0) is 8.10. The summed E-state index contributed by atoms with van der Waals surface area (Å²) < 4.78 is 5.19. The van der Waals surface area contributed by atoms with Crippen LogP contribution in [0.4, 0.5) is 0 Å². The van der Waals surface area contributed by atoms with Gasteiger partial charge in [-0.05, 0) is 12.8 Å². The molecule has 0 aromatic rings. The zero-order valence-corrected chi connectivity index (χ0v) is 7.69. The minimum atomic E-state index is 0.402. The summed E-state index contributed by atoms with van der Waals surface area (Å²) in [5.41, 5.74) is 0. The number of ether oxygens (including phenoxy) is 1. The van der Waals surface area contributed by atoms with Gasteiger partial charge in [-0.1, -0.05) is 0 Å². The van der Waals surface area contributed by atoms with Crippen LogP contribution in [0.15, 0.2) is 0 Å². The summed E-state index contributed by atoms with van der Waals surface area (Å²) in [4.78, 5) is 12.3. The summed E-state index contributed by atoms with van der Waals surface area (Å²) in [5, 5.41) is 0. The molecule has 0 aromatic carbocycles. The molecule has 1 fully saturated rings. The highest BCUT2D eigenvalue weighted by atomic mass is 31.0. The summed E-state index contributed by atoms with van der Waals surface area (Å²) in [6.07, 6.45) is 3.61. The minimum Gasteiger partial charge on any atom is -0.381 e. The fourth-order valence-corrected chi connectivity index (χ4v) is 1.68. The van der Waals surface area contributed by atoms with Gasteiger partial charge in [-0.3, -0.25) is 4.79 Å². The van der Waals surface area contributed by atoms with Gasteiger partial charge in [0.2, 0.25) is 6.41 Å². The van der Waals surface area contributed by atoms with Gasteiger partial charge in [0, 0.05) is 25.5 Å². The van der Waals surface area contributed by atoms with Crippen LogP contribution in [0.25, 0.3) is 0 Å². The molecule has 0 spiro atoms. The van der Waals surface area contributed by atoms with E-state index < -0.39 is 0 Å². The molecule has 1 amide bonds. The van der Waals surface area contributed by atoms with Gasteiger partial charge >= 0.3 is 0 Å². The van der Waals surface area contributed by atoms with Crippen LogP contribution < -0.4 is 0 Å². The molecule has 0 N–H and O–H groups in total. The molecule has 0 aliphatic carbocycles. The summed E-state index contributed by atoms with van der Waals surface area (Å²) in [6, 6.07) is 0.402. The van der Waals surface area contributed by atoms with Crippen LogP contribution >= 0.6 is 9.24 Å². The SMILES string of the molecule is O=CN(CP)C1CCOCC1. The van der Waals surface area contributed by atoms with Gasteiger partial charge < -0.3 is 9.64 Å². The molecular weight excluding hydrogens is 161 g/mol. The van der Waals surface area contributed by atoms with Crippen molar-refractivity contribution < 1.29 is 9.53 Å². The Hall–Kier alpha value is -0.140. The van der Waals surface area contributed by atoms with Crippen molar-refractivity contribution in [2.45, 2.75) is 18.9 Å². The number of rotatable bonds is 3. The van der Waals surface area contributed by atoms with Crippen molar-refractivity contribution >= 4 is 15.6 Å². The highest BCUT2D eigenvalue weighted by Crippen LogP contribution is 2.13. The Balaban J connectivity index is 2.35. The summed E-state index contributed by atoms with van der Waals surface area (Å²) in [5.74, 6) is 0. The average Bonchev–Trinajstić information content (AvgIpc) is 2.09. The van der Waals surface area contributed by atoms with Crippen LogP contribution in [0.1, 0.15) is 12.8 Å². The Morgan fingerprint density at radius 1 is 1.55 bits per heavy atom. The van der Waals surface area contributed by atoms with Crippen molar-refractivity contribution in [1.29, 1.82) is 0 Å². The lowest BCUT2D eigenvalue weighted by Gasteiger charge is -2.30. The molecule has 4 heteroatoms. The predicted octanol–water partition coefficient (Wildman–Crippen LogP) is 0.456. The summed E-state index contributed by atoms with van der Waals surface area (Å²) in [7, 11) is 2.56. The van der Waals surface area contributed by atoms with Crippen LogP contribution in [0.5, 0.6) is 0 Å². The van der Waals surface area contributed by atoms with E-state index in [1.807, 2.05) is 4.90 Å². The second-order valence-electron chi connectivity index (χ2n) is 2.65. The summed E-state index contributed by atoms with van der Waals surface area (Å²) >= 11 is 0. The van der Waals surface area contributed by atoms with E-state index in [0.717, 1.165) is 38.8 Å². The van der Waals surface area contributed by atoms with Crippen LogP contribution in [0.2, 0.25) is 0 Å². The molecule has 1 unspecified atom stereocenters. The fourth-order valence-electron chi connectivity index (χ4n) is 1.29. The first-order valence-corrected chi connectivity index (χ1v) is 4.69. The molecule has 1 atom stereocenters. The molecule has 3 nitrogen and oxygen atoms in total. The van der Waals surface area contributed by atoms with E-state index in [0.29, 0.717) is 6.04 Å². The maximum Gasteiger partial charge on any atom is 0.210 e. The van der Waals surface area contributed by atoms with Crippen LogP contribution in [-0.2, 0) is 9.53 Å². The number of amides is 1. The lowest BCUT2D eigenvalue weighted by molar-refractivity contribution is -0.120. The van der Waals surface area contributed by atoms with E-state index in [2.05, 4.69) is 9.24 Å². The molecule has 1 aliphatic heterocycles. The molecule has 1 rings (SSSR count). The lowest BCUT2D eigenvalue weighted by Crippen LogP contribution is -2.37. The average molecular weight is 175 g/mol. The molecule has 1 saturated heterocycles. The normalized spacial score (nSPS) is 19.7. The molecule has 64 valence electrons.